The Morgan fingerprint density at radius 3 is 2.48 bits per heavy atom. The summed E-state index contributed by atoms with van der Waals surface area (Å²) in [4.78, 5) is 25.0. The largest absolute Gasteiger partial charge is 0.497 e. The molecule has 0 aliphatic carbocycles. The maximum Gasteiger partial charge on any atom is 0.355 e. The number of nitrogens with zero attached hydrogens (tertiary/aromatic N) is 1. The second-order valence-electron chi connectivity index (χ2n) is 5.50. The van der Waals surface area contributed by atoms with Crippen molar-refractivity contribution in [2.24, 2.45) is 7.05 Å². The van der Waals surface area contributed by atoms with Gasteiger partial charge in [0.25, 0.3) is 5.56 Å². The number of benzene rings is 2. The van der Waals surface area contributed by atoms with Crippen LogP contribution in [0.15, 0.2) is 47.3 Å². The fourth-order valence-electron chi connectivity index (χ4n) is 2.89. The van der Waals surface area contributed by atoms with Crippen LogP contribution in [0.5, 0.6) is 5.75 Å². The summed E-state index contributed by atoms with van der Waals surface area (Å²) in [6.45, 7) is 0. The molecule has 2 aromatic carbocycles. The van der Waals surface area contributed by atoms with Crippen molar-refractivity contribution in [1.29, 1.82) is 0 Å². The van der Waals surface area contributed by atoms with E-state index in [0.29, 0.717) is 27.6 Å². The van der Waals surface area contributed by atoms with Crippen molar-refractivity contribution in [3.8, 4) is 16.9 Å². The predicted molar refractivity (Wildman–Crippen MR) is 92.5 cm³/mol. The summed E-state index contributed by atoms with van der Waals surface area (Å²) in [5.74, 6) is -0.601. The minimum Gasteiger partial charge on any atom is -0.497 e. The molecule has 0 spiro atoms. The first kappa shape index (κ1) is 16.7. The quantitative estimate of drug-likeness (QED) is 0.687. The number of pyridine rings is 1. The van der Waals surface area contributed by atoms with Gasteiger partial charge in [-0.05, 0) is 35.9 Å². The average Bonchev–Trinajstić information content (AvgIpc) is 2.63. The number of hydrogen-bond acceptors (Lipinski definition) is 4. The van der Waals surface area contributed by atoms with Gasteiger partial charge in [-0.15, -0.1) is 0 Å². The van der Waals surface area contributed by atoms with E-state index in [1.807, 2.05) is 0 Å². The normalized spacial score (nSPS) is 10.7. The van der Waals surface area contributed by atoms with Crippen molar-refractivity contribution < 1.29 is 18.7 Å². The summed E-state index contributed by atoms with van der Waals surface area (Å²) in [6.07, 6.45) is 0. The van der Waals surface area contributed by atoms with Crippen molar-refractivity contribution in [1.82, 2.24) is 4.57 Å². The highest BCUT2D eigenvalue weighted by Gasteiger charge is 2.23. The summed E-state index contributed by atoms with van der Waals surface area (Å²) in [5.41, 5.74) is 0.591. The van der Waals surface area contributed by atoms with E-state index in [9.17, 15) is 14.0 Å². The Labute approximate surface area is 143 Å². The molecule has 25 heavy (non-hydrogen) atoms. The highest BCUT2D eigenvalue weighted by atomic mass is 19.1. The zero-order valence-electron chi connectivity index (χ0n) is 14.0. The third-order valence-electron chi connectivity index (χ3n) is 4.10. The lowest BCUT2D eigenvalue weighted by atomic mass is 9.96. The van der Waals surface area contributed by atoms with Crippen LogP contribution in [0.25, 0.3) is 21.9 Å². The van der Waals surface area contributed by atoms with Crippen LogP contribution in [0.4, 0.5) is 4.39 Å². The maximum atomic E-state index is 13.8. The van der Waals surface area contributed by atoms with Gasteiger partial charge >= 0.3 is 5.97 Å². The van der Waals surface area contributed by atoms with E-state index in [4.69, 9.17) is 9.47 Å². The number of ether oxygens (including phenoxy) is 2. The van der Waals surface area contributed by atoms with Crippen molar-refractivity contribution in [3.63, 3.8) is 0 Å². The Morgan fingerprint density at radius 1 is 1.08 bits per heavy atom. The zero-order valence-corrected chi connectivity index (χ0v) is 14.0. The molecule has 0 radical (unpaired) electrons. The number of esters is 1. The fourth-order valence-corrected chi connectivity index (χ4v) is 2.89. The Bertz CT molecular complexity index is 1040. The molecule has 0 saturated carbocycles. The van der Waals surface area contributed by atoms with Crippen LogP contribution >= 0.6 is 0 Å². The number of methoxy groups -OCH3 is 2. The van der Waals surface area contributed by atoms with E-state index >= 15 is 0 Å². The number of fused-ring (bicyclic) bond motifs is 1. The Morgan fingerprint density at radius 2 is 1.84 bits per heavy atom. The third-order valence-corrected chi connectivity index (χ3v) is 4.10. The van der Waals surface area contributed by atoms with E-state index in [-0.39, 0.29) is 11.3 Å². The summed E-state index contributed by atoms with van der Waals surface area (Å²) in [6, 6.07) is 10.8. The van der Waals surface area contributed by atoms with E-state index in [1.165, 1.54) is 38.0 Å². The second kappa shape index (κ2) is 6.39. The Hall–Kier alpha value is -3.15. The molecule has 0 bridgehead atoms. The van der Waals surface area contributed by atoms with Gasteiger partial charge in [0.2, 0.25) is 0 Å². The Kier molecular flexibility index (Phi) is 4.27. The van der Waals surface area contributed by atoms with Crippen molar-refractivity contribution in [2.45, 2.75) is 0 Å². The number of aromatic nitrogens is 1. The number of rotatable bonds is 3. The molecule has 0 fully saturated rings. The number of carbonyl (C=O) groups is 1. The van der Waals surface area contributed by atoms with Crippen LogP contribution in [-0.2, 0) is 11.8 Å². The van der Waals surface area contributed by atoms with Gasteiger partial charge in [-0.3, -0.25) is 4.79 Å². The highest BCUT2D eigenvalue weighted by Crippen LogP contribution is 2.33. The minimum atomic E-state index is -0.677. The molecule has 0 N–H and O–H groups in total. The van der Waals surface area contributed by atoms with Crippen molar-refractivity contribution in [3.05, 3.63) is 64.3 Å². The average molecular weight is 341 g/mol. The van der Waals surface area contributed by atoms with Crippen LogP contribution in [0.1, 0.15) is 10.5 Å². The fraction of sp³-hybridized carbons (Fsp3) is 0.158. The van der Waals surface area contributed by atoms with Crippen LogP contribution < -0.4 is 10.3 Å². The van der Waals surface area contributed by atoms with Gasteiger partial charge < -0.3 is 14.0 Å². The van der Waals surface area contributed by atoms with Gasteiger partial charge in [-0.2, -0.15) is 0 Å². The monoisotopic (exact) mass is 341 g/mol. The topological polar surface area (TPSA) is 57.5 Å². The second-order valence-corrected chi connectivity index (χ2v) is 5.50. The third kappa shape index (κ3) is 2.76. The molecular formula is C19H16FNO4. The molecule has 0 amide bonds. The molecule has 0 saturated heterocycles. The zero-order chi connectivity index (χ0) is 18.1. The van der Waals surface area contributed by atoms with Crippen molar-refractivity contribution >= 4 is 16.7 Å². The van der Waals surface area contributed by atoms with Gasteiger partial charge in [0, 0.05) is 23.4 Å². The summed E-state index contributed by atoms with van der Waals surface area (Å²) >= 11 is 0. The number of halogens is 1. The van der Waals surface area contributed by atoms with E-state index in [0.717, 1.165) is 0 Å². The maximum absolute atomic E-state index is 13.8. The lowest BCUT2D eigenvalue weighted by Gasteiger charge is -2.16. The first-order valence-electron chi connectivity index (χ1n) is 7.53. The summed E-state index contributed by atoms with van der Waals surface area (Å²) in [5, 5.41) is 0.892. The van der Waals surface area contributed by atoms with E-state index in [1.54, 1.807) is 30.3 Å². The lowest BCUT2D eigenvalue weighted by molar-refractivity contribution is 0.0589. The van der Waals surface area contributed by atoms with Gasteiger partial charge in [0.05, 0.1) is 14.2 Å². The first-order chi connectivity index (χ1) is 12.0. The number of carbonyl (C=O) groups excluding carboxylic acids is 1. The predicted octanol–water partition coefficient (Wildman–Crippen LogP) is 3.14. The standard InChI is InChI=1S/C19H16FNO4/c1-21-17(19(23)25-3)16(11-5-4-6-12(20)9-11)15-10-13(24-2)7-8-14(15)18(21)22/h4-10H,1-3H3. The molecule has 0 unspecified atom stereocenters. The minimum absolute atomic E-state index is 0.0545. The molecule has 128 valence electrons. The van der Waals surface area contributed by atoms with Gasteiger partial charge in [0.1, 0.15) is 17.3 Å². The van der Waals surface area contributed by atoms with Gasteiger partial charge in [0.15, 0.2) is 0 Å². The molecular weight excluding hydrogens is 325 g/mol. The molecule has 1 heterocycles. The molecule has 1 aromatic heterocycles. The summed E-state index contributed by atoms with van der Waals surface area (Å²) < 4.78 is 25.1. The molecule has 3 rings (SSSR count). The number of hydrogen-bond donors (Lipinski definition) is 0. The van der Waals surface area contributed by atoms with Crippen LogP contribution in [0, 0.1) is 5.82 Å². The SMILES string of the molecule is COC(=O)c1c(-c2cccc(F)c2)c2cc(OC)ccc2c(=O)n1C. The van der Waals surface area contributed by atoms with Crippen LogP contribution in [-0.4, -0.2) is 24.8 Å². The smallest absolute Gasteiger partial charge is 0.355 e. The highest BCUT2D eigenvalue weighted by molar-refractivity contribution is 6.07. The molecule has 5 nitrogen and oxygen atoms in total. The molecule has 6 heteroatoms. The van der Waals surface area contributed by atoms with Crippen LogP contribution in [0.2, 0.25) is 0 Å². The Balaban J connectivity index is 2.55. The molecule has 0 atom stereocenters. The van der Waals surface area contributed by atoms with Gasteiger partial charge in [-0.1, -0.05) is 12.1 Å². The van der Waals surface area contributed by atoms with Crippen molar-refractivity contribution in [2.75, 3.05) is 14.2 Å². The van der Waals surface area contributed by atoms with Crippen LogP contribution in [0.3, 0.4) is 0 Å². The first-order valence-corrected chi connectivity index (χ1v) is 7.53. The van der Waals surface area contributed by atoms with E-state index in [2.05, 4.69) is 0 Å². The van der Waals surface area contributed by atoms with E-state index < -0.39 is 11.8 Å². The molecule has 0 aliphatic rings. The molecule has 3 aromatic rings. The lowest BCUT2D eigenvalue weighted by Crippen LogP contribution is -2.25. The molecule has 0 aliphatic heterocycles. The summed E-state index contributed by atoms with van der Waals surface area (Å²) in [7, 11) is 4.23. The van der Waals surface area contributed by atoms with Gasteiger partial charge in [-0.25, -0.2) is 9.18 Å².